The predicted octanol–water partition coefficient (Wildman–Crippen LogP) is 2.17. The molecule has 0 unspecified atom stereocenters. The Balaban J connectivity index is 2.38. The molecular formula is C10H7O2. The van der Waals surface area contributed by atoms with E-state index in [0.29, 0.717) is 0 Å². The van der Waals surface area contributed by atoms with E-state index in [-0.39, 0.29) is 0 Å². The number of rotatable bonds is 0. The average molecular weight is 159 g/mol. The molecule has 1 aliphatic heterocycles. The van der Waals surface area contributed by atoms with Crippen molar-refractivity contribution >= 4 is 11.0 Å². The van der Waals surface area contributed by atoms with Crippen molar-refractivity contribution in [3.8, 4) is 5.75 Å². The summed E-state index contributed by atoms with van der Waals surface area (Å²) in [7, 11) is 0. The van der Waals surface area contributed by atoms with Crippen LogP contribution in [0.1, 0.15) is 5.56 Å². The van der Waals surface area contributed by atoms with Crippen LogP contribution < -0.4 is 4.74 Å². The molecule has 2 nitrogen and oxygen atoms in total. The Labute approximate surface area is 69.7 Å². The first kappa shape index (κ1) is 6.12. The highest BCUT2D eigenvalue weighted by Crippen LogP contribution is 2.30. The second-order valence-corrected chi connectivity index (χ2v) is 2.96. The van der Waals surface area contributed by atoms with Gasteiger partial charge in [-0.3, -0.25) is 0 Å². The van der Waals surface area contributed by atoms with Gasteiger partial charge < -0.3 is 9.15 Å². The molecule has 1 aromatic heterocycles. The molecule has 0 aliphatic carbocycles. The quantitative estimate of drug-likeness (QED) is 0.587. The van der Waals surface area contributed by atoms with Gasteiger partial charge in [0, 0.05) is 17.4 Å². The van der Waals surface area contributed by atoms with Crippen LogP contribution in [0.25, 0.3) is 11.0 Å². The van der Waals surface area contributed by atoms with Gasteiger partial charge in [0.05, 0.1) is 6.61 Å². The molecular weight excluding hydrogens is 152 g/mol. The van der Waals surface area contributed by atoms with Gasteiger partial charge in [-0.2, -0.15) is 0 Å². The lowest BCUT2D eigenvalue weighted by Gasteiger charge is -1.96. The normalized spacial score (nSPS) is 14.7. The number of fused-ring (bicyclic) bond motifs is 2. The van der Waals surface area contributed by atoms with Crippen LogP contribution in [0.3, 0.4) is 0 Å². The first-order valence-corrected chi connectivity index (χ1v) is 3.99. The molecule has 0 saturated heterocycles. The topological polar surface area (TPSA) is 22.4 Å². The van der Waals surface area contributed by atoms with E-state index in [1.165, 1.54) is 5.56 Å². The molecule has 0 fully saturated rings. The van der Waals surface area contributed by atoms with E-state index >= 15 is 0 Å². The Morgan fingerprint density at radius 2 is 2.33 bits per heavy atom. The summed E-state index contributed by atoms with van der Waals surface area (Å²) < 4.78 is 10.6. The first-order chi connectivity index (χ1) is 5.93. The lowest BCUT2D eigenvalue weighted by atomic mass is 10.1. The van der Waals surface area contributed by atoms with E-state index in [4.69, 9.17) is 9.15 Å². The van der Waals surface area contributed by atoms with Crippen molar-refractivity contribution in [3.63, 3.8) is 0 Å². The number of ether oxygens (including phenoxy) is 1. The fourth-order valence-electron chi connectivity index (χ4n) is 1.58. The Kier molecular flexibility index (Phi) is 1.04. The SMILES string of the molecule is [c]1cc2cc3c(cc2o1)CCO3. The van der Waals surface area contributed by atoms with Gasteiger partial charge in [-0.15, -0.1) is 0 Å². The Hall–Kier alpha value is -1.44. The van der Waals surface area contributed by atoms with Crippen LogP contribution in [-0.2, 0) is 6.42 Å². The van der Waals surface area contributed by atoms with Crippen LogP contribution in [0, 0.1) is 6.26 Å². The van der Waals surface area contributed by atoms with E-state index in [1.54, 1.807) is 0 Å². The summed E-state index contributed by atoms with van der Waals surface area (Å²) in [6.45, 7) is 0.797. The van der Waals surface area contributed by atoms with Crippen molar-refractivity contribution in [2.24, 2.45) is 0 Å². The summed E-state index contributed by atoms with van der Waals surface area (Å²) in [4.78, 5) is 0. The molecule has 0 spiro atoms. The van der Waals surface area contributed by atoms with Gasteiger partial charge in [0.15, 0.2) is 6.26 Å². The van der Waals surface area contributed by atoms with Gasteiger partial charge >= 0.3 is 0 Å². The van der Waals surface area contributed by atoms with Crippen LogP contribution >= 0.6 is 0 Å². The zero-order chi connectivity index (χ0) is 7.97. The summed E-state index contributed by atoms with van der Waals surface area (Å²) in [5.74, 6) is 0.998. The zero-order valence-electron chi connectivity index (χ0n) is 6.46. The van der Waals surface area contributed by atoms with E-state index in [0.717, 1.165) is 29.7 Å². The summed E-state index contributed by atoms with van der Waals surface area (Å²) in [5, 5.41) is 1.07. The lowest BCUT2D eigenvalue weighted by molar-refractivity contribution is 0.357. The van der Waals surface area contributed by atoms with Gasteiger partial charge in [-0.1, -0.05) is 0 Å². The van der Waals surface area contributed by atoms with Crippen LogP contribution in [0.4, 0.5) is 0 Å². The fourth-order valence-corrected chi connectivity index (χ4v) is 1.58. The Bertz CT molecular complexity index is 390. The number of benzene rings is 1. The second kappa shape index (κ2) is 2.03. The Morgan fingerprint density at radius 3 is 3.33 bits per heavy atom. The Morgan fingerprint density at radius 1 is 1.33 bits per heavy atom. The third-order valence-corrected chi connectivity index (χ3v) is 2.21. The number of hydrogen-bond acceptors (Lipinski definition) is 2. The van der Waals surface area contributed by atoms with Gasteiger partial charge in [-0.05, 0) is 18.2 Å². The highest BCUT2D eigenvalue weighted by molar-refractivity contribution is 5.80. The fraction of sp³-hybridized carbons (Fsp3) is 0.200. The van der Waals surface area contributed by atoms with Crippen molar-refractivity contribution in [3.05, 3.63) is 30.0 Å². The molecule has 2 aromatic rings. The molecule has 2 heterocycles. The minimum atomic E-state index is 0.797. The highest BCUT2D eigenvalue weighted by atomic mass is 16.5. The largest absolute Gasteiger partial charge is 0.493 e. The maximum absolute atomic E-state index is 5.42. The van der Waals surface area contributed by atoms with Gasteiger partial charge in [0.25, 0.3) is 0 Å². The highest BCUT2D eigenvalue weighted by Gasteiger charge is 2.13. The predicted molar refractivity (Wildman–Crippen MR) is 44.2 cm³/mol. The summed E-state index contributed by atoms with van der Waals surface area (Å²) in [6.07, 6.45) is 3.70. The zero-order valence-corrected chi connectivity index (χ0v) is 6.46. The second-order valence-electron chi connectivity index (χ2n) is 2.96. The lowest BCUT2D eigenvalue weighted by Crippen LogP contribution is -1.85. The molecule has 0 amide bonds. The molecule has 2 heteroatoms. The van der Waals surface area contributed by atoms with E-state index < -0.39 is 0 Å². The molecule has 1 radical (unpaired) electrons. The monoisotopic (exact) mass is 159 g/mol. The maximum Gasteiger partial charge on any atom is 0.170 e. The van der Waals surface area contributed by atoms with Crippen LogP contribution in [-0.4, -0.2) is 6.61 Å². The van der Waals surface area contributed by atoms with Crippen molar-refractivity contribution < 1.29 is 9.15 Å². The standard InChI is InChI=1S/C10H7O2/c1-3-11-9-6-8-2-4-12-10(8)5-7(1)9/h1,5-6H,2,4H2. The van der Waals surface area contributed by atoms with Crippen LogP contribution in [0.5, 0.6) is 5.75 Å². The number of hydrogen-bond donors (Lipinski definition) is 0. The summed E-state index contributed by atoms with van der Waals surface area (Å²) in [6, 6.07) is 5.88. The van der Waals surface area contributed by atoms with Crippen molar-refractivity contribution in [1.29, 1.82) is 0 Å². The molecule has 1 aromatic carbocycles. The summed E-state index contributed by atoms with van der Waals surface area (Å²) in [5.41, 5.74) is 2.14. The molecule has 1 aliphatic rings. The smallest absolute Gasteiger partial charge is 0.170 e. The van der Waals surface area contributed by atoms with E-state index in [2.05, 4.69) is 6.26 Å². The first-order valence-electron chi connectivity index (χ1n) is 3.99. The molecule has 0 saturated carbocycles. The molecule has 12 heavy (non-hydrogen) atoms. The minimum Gasteiger partial charge on any atom is -0.493 e. The molecule has 0 atom stereocenters. The van der Waals surface area contributed by atoms with Gasteiger partial charge in [0.2, 0.25) is 0 Å². The maximum atomic E-state index is 5.42. The third-order valence-electron chi connectivity index (χ3n) is 2.21. The van der Waals surface area contributed by atoms with Gasteiger partial charge in [0.1, 0.15) is 11.3 Å². The van der Waals surface area contributed by atoms with Crippen molar-refractivity contribution in [2.75, 3.05) is 6.61 Å². The van der Waals surface area contributed by atoms with Crippen LogP contribution in [0.2, 0.25) is 0 Å². The van der Waals surface area contributed by atoms with E-state index in [9.17, 15) is 0 Å². The molecule has 3 rings (SSSR count). The van der Waals surface area contributed by atoms with Crippen LogP contribution in [0.15, 0.2) is 22.6 Å². The molecule has 0 N–H and O–H groups in total. The average Bonchev–Trinajstić information content (AvgIpc) is 2.64. The molecule has 0 bridgehead atoms. The number of furan rings is 1. The van der Waals surface area contributed by atoms with E-state index in [1.807, 2.05) is 18.2 Å². The van der Waals surface area contributed by atoms with Gasteiger partial charge in [-0.25, -0.2) is 0 Å². The minimum absolute atomic E-state index is 0.797. The van der Waals surface area contributed by atoms with Crippen molar-refractivity contribution in [1.82, 2.24) is 0 Å². The summed E-state index contributed by atoms with van der Waals surface area (Å²) >= 11 is 0. The molecule has 59 valence electrons. The van der Waals surface area contributed by atoms with Crippen molar-refractivity contribution in [2.45, 2.75) is 6.42 Å². The third kappa shape index (κ3) is 0.694.